The van der Waals surface area contributed by atoms with Crippen LogP contribution in [0.15, 0.2) is 0 Å². The first-order valence-electron chi connectivity index (χ1n) is 3.99. The van der Waals surface area contributed by atoms with Crippen molar-refractivity contribution in [2.45, 2.75) is 12.5 Å². The fourth-order valence-corrected chi connectivity index (χ4v) is 0.292. The zero-order chi connectivity index (χ0) is 11.6. The molecule has 0 heterocycles. The highest BCUT2D eigenvalue weighted by molar-refractivity contribution is 5.64. The summed E-state index contributed by atoms with van der Waals surface area (Å²) in [5.41, 5.74) is 8.48. The molecule has 0 aromatic rings. The van der Waals surface area contributed by atoms with Crippen molar-refractivity contribution in [1.82, 2.24) is 0 Å². The smallest absolute Gasteiger partial charge is 0.404 e. The Hall–Kier alpha value is -0.890. The Bertz CT molecular complexity index is 141. The number of aliphatic hydroxyl groups excluding tert-OH is 3. The maximum Gasteiger partial charge on any atom is 0.404 e. The van der Waals surface area contributed by atoms with Crippen molar-refractivity contribution in [3.05, 3.63) is 0 Å². The van der Waals surface area contributed by atoms with Gasteiger partial charge in [-0.15, -0.1) is 0 Å². The summed E-state index contributed by atoms with van der Waals surface area (Å²) >= 11 is 0. The SMILES string of the molecule is CCOC(N)=O.NC(CO)(CO)CO. The quantitative estimate of drug-likeness (QED) is 0.355. The van der Waals surface area contributed by atoms with Crippen LogP contribution in [-0.2, 0) is 4.74 Å². The van der Waals surface area contributed by atoms with Crippen molar-refractivity contribution in [2.75, 3.05) is 26.4 Å². The zero-order valence-electron chi connectivity index (χ0n) is 8.14. The van der Waals surface area contributed by atoms with Crippen LogP contribution in [0.4, 0.5) is 4.79 Å². The molecule has 0 aromatic heterocycles. The second kappa shape index (κ2) is 8.70. The lowest BCUT2D eigenvalue weighted by atomic mass is 10.1. The molecular weight excluding hydrogens is 192 g/mol. The fraction of sp³-hybridized carbons (Fsp3) is 0.857. The molecule has 0 rings (SSSR count). The monoisotopic (exact) mass is 210 g/mol. The lowest BCUT2D eigenvalue weighted by Crippen LogP contribution is -2.50. The molecule has 14 heavy (non-hydrogen) atoms. The maximum atomic E-state index is 9.60. The van der Waals surface area contributed by atoms with Crippen molar-refractivity contribution in [2.24, 2.45) is 11.5 Å². The van der Waals surface area contributed by atoms with Gasteiger partial charge in [-0.1, -0.05) is 0 Å². The number of hydrogen-bond acceptors (Lipinski definition) is 6. The molecule has 0 radical (unpaired) electrons. The van der Waals surface area contributed by atoms with Gasteiger partial charge in [0.1, 0.15) is 0 Å². The first-order valence-corrected chi connectivity index (χ1v) is 3.99. The van der Waals surface area contributed by atoms with Gasteiger partial charge in [-0.3, -0.25) is 0 Å². The van der Waals surface area contributed by atoms with E-state index in [-0.39, 0.29) is 0 Å². The van der Waals surface area contributed by atoms with E-state index in [1.54, 1.807) is 6.92 Å². The minimum Gasteiger partial charge on any atom is -0.450 e. The number of rotatable bonds is 4. The van der Waals surface area contributed by atoms with Crippen molar-refractivity contribution in [3.63, 3.8) is 0 Å². The molecular formula is C7H18N2O5. The third-order valence-corrected chi connectivity index (χ3v) is 1.23. The molecule has 0 atom stereocenters. The maximum absolute atomic E-state index is 9.60. The van der Waals surface area contributed by atoms with Crippen molar-refractivity contribution >= 4 is 6.09 Å². The van der Waals surface area contributed by atoms with Crippen LogP contribution in [0.3, 0.4) is 0 Å². The highest BCUT2D eigenvalue weighted by Gasteiger charge is 2.20. The molecule has 0 aliphatic heterocycles. The van der Waals surface area contributed by atoms with Crippen LogP contribution in [0.25, 0.3) is 0 Å². The molecule has 0 saturated heterocycles. The molecule has 7 heteroatoms. The summed E-state index contributed by atoms with van der Waals surface area (Å²) in [6.07, 6.45) is -0.711. The molecule has 0 spiro atoms. The number of carbonyl (C=O) groups excluding carboxylic acids is 1. The van der Waals surface area contributed by atoms with E-state index in [0.29, 0.717) is 6.61 Å². The second-order valence-electron chi connectivity index (χ2n) is 2.59. The Morgan fingerprint density at radius 2 is 1.64 bits per heavy atom. The van der Waals surface area contributed by atoms with Gasteiger partial charge in [0.2, 0.25) is 0 Å². The van der Waals surface area contributed by atoms with E-state index in [9.17, 15) is 4.79 Å². The first-order chi connectivity index (χ1) is 6.45. The third-order valence-electron chi connectivity index (χ3n) is 1.23. The molecule has 86 valence electrons. The predicted octanol–water partition coefficient (Wildman–Crippen LogP) is -2.24. The lowest BCUT2D eigenvalue weighted by Gasteiger charge is -2.20. The van der Waals surface area contributed by atoms with Crippen molar-refractivity contribution in [1.29, 1.82) is 0 Å². The van der Waals surface area contributed by atoms with Gasteiger partial charge in [-0.05, 0) is 6.92 Å². The summed E-state index contributed by atoms with van der Waals surface area (Å²) in [5, 5.41) is 25.0. The standard InChI is InChI=1S/C4H11NO3.C3H7NO2/c5-4(1-6,2-7)3-8;1-2-6-3(4)5/h6-8H,1-3,5H2;2H2,1H3,(H2,4,5). The van der Waals surface area contributed by atoms with Crippen LogP contribution in [0.5, 0.6) is 0 Å². The molecule has 7 N–H and O–H groups in total. The molecule has 0 aliphatic carbocycles. The first kappa shape index (κ1) is 15.6. The summed E-state index contributed by atoms with van der Waals surface area (Å²) in [7, 11) is 0. The average molecular weight is 210 g/mol. The minimum atomic E-state index is -1.21. The molecule has 0 fully saturated rings. The summed E-state index contributed by atoms with van der Waals surface area (Å²) < 4.78 is 4.18. The number of hydrogen-bond donors (Lipinski definition) is 5. The van der Waals surface area contributed by atoms with E-state index < -0.39 is 31.5 Å². The summed E-state index contributed by atoms with van der Waals surface area (Å²) in [5.74, 6) is 0. The fourth-order valence-electron chi connectivity index (χ4n) is 0.292. The van der Waals surface area contributed by atoms with Crippen LogP contribution >= 0.6 is 0 Å². The van der Waals surface area contributed by atoms with Gasteiger partial charge in [-0.2, -0.15) is 0 Å². The van der Waals surface area contributed by atoms with Gasteiger partial charge >= 0.3 is 6.09 Å². The van der Waals surface area contributed by atoms with Crippen LogP contribution < -0.4 is 11.5 Å². The molecule has 0 aliphatic rings. The van der Waals surface area contributed by atoms with Crippen molar-refractivity contribution < 1.29 is 24.9 Å². The third kappa shape index (κ3) is 9.20. The highest BCUT2D eigenvalue weighted by Crippen LogP contribution is 1.93. The topological polar surface area (TPSA) is 139 Å². The Labute approximate surface area is 82.3 Å². The molecule has 0 saturated carbocycles. The summed E-state index contributed by atoms with van der Waals surface area (Å²) in [6.45, 7) is 0.847. The van der Waals surface area contributed by atoms with Gasteiger partial charge < -0.3 is 31.5 Å². The number of ether oxygens (including phenoxy) is 1. The van der Waals surface area contributed by atoms with E-state index in [0.717, 1.165) is 0 Å². The zero-order valence-corrected chi connectivity index (χ0v) is 8.14. The van der Waals surface area contributed by atoms with E-state index in [1.807, 2.05) is 0 Å². The van der Waals surface area contributed by atoms with Crippen LogP contribution in [0.2, 0.25) is 0 Å². The van der Waals surface area contributed by atoms with Gasteiger partial charge in [-0.25, -0.2) is 4.79 Å². The normalized spacial score (nSPS) is 10.1. The van der Waals surface area contributed by atoms with Gasteiger partial charge in [0.25, 0.3) is 0 Å². The minimum absolute atomic E-state index is 0.356. The second-order valence-corrected chi connectivity index (χ2v) is 2.59. The largest absolute Gasteiger partial charge is 0.450 e. The Morgan fingerprint density at radius 1 is 1.29 bits per heavy atom. The van der Waals surface area contributed by atoms with E-state index in [1.165, 1.54) is 0 Å². The molecule has 0 unspecified atom stereocenters. The van der Waals surface area contributed by atoms with Gasteiger partial charge in [0.05, 0.1) is 32.0 Å². The average Bonchev–Trinajstić information content (AvgIpc) is 2.17. The van der Waals surface area contributed by atoms with Gasteiger partial charge in [0, 0.05) is 0 Å². The Balaban J connectivity index is 0. The summed E-state index contributed by atoms with van der Waals surface area (Å²) in [4.78, 5) is 9.60. The molecule has 0 aromatic carbocycles. The van der Waals surface area contributed by atoms with Crippen molar-refractivity contribution in [3.8, 4) is 0 Å². The van der Waals surface area contributed by atoms with Gasteiger partial charge in [0.15, 0.2) is 0 Å². The van der Waals surface area contributed by atoms with E-state index >= 15 is 0 Å². The van der Waals surface area contributed by atoms with Crippen LogP contribution in [-0.4, -0.2) is 53.4 Å². The number of primary amides is 1. The molecule has 7 nitrogen and oxygen atoms in total. The van der Waals surface area contributed by atoms with Crippen LogP contribution in [0, 0.1) is 0 Å². The lowest BCUT2D eigenvalue weighted by molar-refractivity contribution is 0.0697. The summed E-state index contributed by atoms with van der Waals surface area (Å²) in [6, 6.07) is 0. The Morgan fingerprint density at radius 3 is 1.64 bits per heavy atom. The number of amides is 1. The molecule has 0 bridgehead atoms. The van der Waals surface area contributed by atoms with E-state index in [2.05, 4.69) is 10.5 Å². The highest BCUT2D eigenvalue weighted by atomic mass is 16.5. The van der Waals surface area contributed by atoms with Crippen LogP contribution in [0.1, 0.15) is 6.92 Å². The number of carbonyl (C=O) groups is 1. The number of nitrogens with two attached hydrogens (primary N) is 2. The Kier molecular flexibility index (Phi) is 9.68. The predicted molar refractivity (Wildman–Crippen MR) is 49.4 cm³/mol. The molecule has 1 amide bonds. The number of aliphatic hydroxyl groups is 3. The van der Waals surface area contributed by atoms with E-state index in [4.69, 9.17) is 21.1 Å².